The Hall–Kier alpha value is -2.38. The quantitative estimate of drug-likeness (QED) is 0.144. The molecule has 1 fully saturated rings. The Balaban J connectivity index is 2.40. The van der Waals surface area contributed by atoms with Crippen LogP contribution in [0.15, 0.2) is 11.1 Å². The van der Waals surface area contributed by atoms with E-state index in [2.05, 4.69) is 10.6 Å². The summed E-state index contributed by atoms with van der Waals surface area (Å²) in [5, 5.41) is 34.2. The maximum absolute atomic E-state index is 12.3. The molecule has 1 aliphatic rings. The van der Waals surface area contributed by atoms with E-state index in [0.717, 1.165) is 0 Å². The lowest BCUT2D eigenvalue weighted by molar-refractivity contribution is -0.259. The number of rotatable bonds is 15. The fraction of sp³-hybridized carbons (Fsp3) is 0.750. The fourth-order valence-electron chi connectivity index (χ4n) is 3.75. The van der Waals surface area contributed by atoms with Gasteiger partial charge in [-0.2, -0.15) is 0 Å². The first-order chi connectivity index (χ1) is 16.9. The Morgan fingerprint density at radius 3 is 2.28 bits per heavy atom. The molecule has 0 radical (unpaired) electrons. The lowest BCUT2D eigenvalue weighted by atomic mass is 9.89. The number of hydrogen-bond donors (Lipinski definition) is 5. The zero-order valence-corrected chi connectivity index (χ0v) is 21.6. The molecule has 12 nitrogen and oxygen atoms in total. The van der Waals surface area contributed by atoms with E-state index in [1.807, 2.05) is 0 Å². The molecule has 12 heteroatoms. The van der Waals surface area contributed by atoms with E-state index < -0.39 is 43.0 Å². The Kier molecular flexibility index (Phi) is 13.8. The van der Waals surface area contributed by atoms with Gasteiger partial charge in [0.25, 0.3) is 0 Å². The standard InChI is InChI=1S/C24H40N2O10/c1-13(2)21(30)17(14(3)23(32)33)6-7-19(29)25-8-9-34-10-11-35-24-20(26-16(5)28)15(4)22(31)18(12-27)36-24/h13,15,18,20,22,24,27,31H,6-12H2,1-5H3,(H,25,29)(H,26,28)(H,32,33)/b17-14-/t15-,18-,20-,22-,24-/m0/s1. The van der Waals surface area contributed by atoms with Crippen LogP contribution in [0.3, 0.4) is 0 Å². The van der Waals surface area contributed by atoms with Crippen LogP contribution in [0.2, 0.25) is 0 Å². The normalized spacial score (nSPS) is 24.7. The summed E-state index contributed by atoms with van der Waals surface area (Å²) < 4.78 is 16.7. The maximum atomic E-state index is 12.3. The highest BCUT2D eigenvalue weighted by Gasteiger charge is 2.43. The van der Waals surface area contributed by atoms with Gasteiger partial charge in [-0.3, -0.25) is 14.4 Å². The van der Waals surface area contributed by atoms with Crippen molar-refractivity contribution in [2.75, 3.05) is 33.0 Å². The highest BCUT2D eigenvalue weighted by Crippen LogP contribution is 2.26. The van der Waals surface area contributed by atoms with E-state index in [1.54, 1.807) is 20.8 Å². The number of nitrogens with one attached hydrogen (secondary N) is 2. The Labute approximate surface area is 211 Å². The summed E-state index contributed by atoms with van der Waals surface area (Å²) >= 11 is 0. The molecule has 5 atom stereocenters. The van der Waals surface area contributed by atoms with Gasteiger partial charge >= 0.3 is 5.97 Å². The highest BCUT2D eigenvalue weighted by molar-refractivity contribution is 6.04. The summed E-state index contributed by atoms with van der Waals surface area (Å²) in [4.78, 5) is 47.2. The number of aliphatic hydroxyl groups excluding tert-OH is 2. The number of ether oxygens (including phenoxy) is 3. The van der Waals surface area contributed by atoms with E-state index in [0.29, 0.717) is 0 Å². The molecule has 5 N–H and O–H groups in total. The molecular formula is C24H40N2O10. The van der Waals surface area contributed by atoms with Crippen LogP contribution >= 0.6 is 0 Å². The molecule has 1 heterocycles. The van der Waals surface area contributed by atoms with Crippen molar-refractivity contribution in [1.29, 1.82) is 0 Å². The molecule has 0 aliphatic carbocycles. The number of allylic oxidation sites excluding steroid dienone is 1. The molecule has 2 amide bonds. The predicted octanol–water partition coefficient (Wildman–Crippen LogP) is -0.239. The monoisotopic (exact) mass is 516 g/mol. The predicted molar refractivity (Wildman–Crippen MR) is 128 cm³/mol. The zero-order chi connectivity index (χ0) is 27.4. The van der Waals surface area contributed by atoms with Gasteiger partial charge in [-0.15, -0.1) is 0 Å². The summed E-state index contributed by atoms with van der Waals surface area (Å²) in [5.74, 6) is -2.90. The van der Waals surface area contributed by atoms with Gasteiger partial charge in [0.05, 0.1) is 38.6 Å². The van der Waals surface area contributed by atoms with Crippen LogP contribution in [0.4, 0.5) is 0 Å². The van der Waals surface area contributed by atoms with E-state index in [9.17, 15) is 34.5 Å². The smallest absolute Gasteiger partial charge is 0.331 e. The van der Waals surface area contributed by atoms with Crippen molar-refractivity contribution >= 4 is 23.6 Å². The summed E-state index contributed by atoms with van der Waals surface area (Å²) in [6.45, 7) is 8.05. The van der Waals surface area contributed by atoms with E-state index >= 15 is 0 Å². The first-order valence-corrected chi connectivity index (χ1v) is 12.0. The van der Waals surface area contributed by atoms with Gasteiger partial charge in [0.1, 0.15) is 6.10 Å². The van der Waals surface area contributed by atoms with Crippen LogP contribution < -0.4 is 10.6 Å². The molecule has 36 heavy (non-hydrogen) atoms. The number of aliphatic hydroxyl groups is 2. The Bertz CT molecular complexity index is 798. The van der Waals surface area contributed by atoms with Crippen LogP contribution in [0.5, 0.6) is 0 Å². The number of carbonyl (C=O) groups excluding carboxylic acids is 3. The van der Waals surface area contributed by atoms with Crippen LogP contribution in [0.1, 0.15) is 47.5 Å². The minimum atomic E-state index is -1.19. The van der Waals surface area contributed by atoms with Crippen LogP contribution in [0.25, 0.3) is 0 Å². The molecule has 1 aliphatic heterocycles. The number of carbonyl (C=O) groups is 4. The third-order valence-corrected chi connectivity index (χ3v) is 5.91. The number of Topliss-reactive ketones (excluding diaryl/α,β-unsaturated/α-hetero) is 1. The molecule has 0 spiro atoms. The Morgan fingerprint density at radius 2 is 1.72 bits per heavy atom. The third-order valence-electron chi connectivity index (χ3n) is 5.91. The number of amides is 2. The van der Waals surface area contributed by atoms with Gasteiger partial charge in [0, 0.05) is 42.9 Å². The number of carboxylic acids is 1. The molecule has 206 valence electrons. The number of carboxylic acid groups (broad SMARTS) is 1. The first-order valence-electron chi connectivity index (χ1n) is 12.0. The largest absolute Gasteiger partial charge is 0.478 e. The SMILES string of the molecule is CC(=O)N[C@@H]1[C@@H](OCCOCCNC(=O)CC/C(C(=O)C(C)C)=C(\C)C(=O)O)O[C@@H](CO)[C@@H](O)[C@H]1C. The third kappa shape index (κ3) is 9.94. The van der Waals surface area contributed by atoms with Gasteiger partial charge in [-0.25, -0.2) is 4.79 Å². The van der Waals surface area contributed by atoms with Gasteiger partial charge in [-0.05, 0) is 13.3 Å². The topological polar surface area (TPSA) is 181 Å². The molecule has 0 saturated carbocycles. The minimum Gasteiger partial charge on any atom is -0.478 e. The molecule has 0 aromatic heterocycles. The molecular weight excluding hydrogens is 476 g/mol. The Morgan fingerprint density at radius 1 is 1.06 bits per heavy atom. The maximum Gasteiger partial charge on any atom is 0.331 e. The average molecular weight is 517 g/mol. The molecule has 0 aromatic rings. The van der Waals surface area contributed by atoms with Crippen molar-refractivity contribution in [2.24, 2.45) is 11.8 Å². The van der Waals surface area contributed by atoms with Crippen molar-refractivity contribution in [2.45, 2.75) is 72.0 Å². The molecule has 0 aromatic carbocycles. The van der Waals surface area contributed by atoms with Gasteiger partial charge < -0.3 is 40.2 Å². The average Bonchev–Trinajstić information content (AvgIpc) is 2.81. The van der Waals surface area contributed by atoms with Crippen LogP contribution in [-0.2, 0) is 33.4 Å². The number of aliphatic carboxylic acids is 1. The second-order valence-corrected chi connectivity index (χ2v) is 9.06. The van der Waals surface area contributed by atoms with Crippen molar-refractivity contribution < 1.29 is 48.7 Å². The van der Waals surface area contributed by atoms with Crippen molar-refractivity contribution in [3.63, 3.8) is 0 Å². The van der Waals surface area contributed by atoms with Gasteiger partial charge in [0.2, 0.25) is 11.8 Å². The molecule has 1 rings (SSSR count). The second kappa shape index (κ2) is 15.7. The van der Waals surface area contributed by atoms with Crippen molar-refractivity contribution in [1.82, 2.24) is 10.6 Å². The summed E-state index contributed by atoms with van der Waals surface area (Å²) in [6, 6.07) is -0.606. The lowest BCUT2D eigenvalue weighted by Gasteiger charge is -2.43. The van der Waals surface area contributed by atoms with Gasteiger partial charge in [-0.1, -0.05) is 20.8 Å². The fourth-order valence-corrected chi connectivity index (χ4v) is 3.75. The first kappa shape index (κ1) is 31.6. The lowest BCUT2D eigenvalue weighted by Crippen LogP contribution is -2.61. The summed E-state index contributed by atoms with van der Waals surface area (Å²) in [6.07, 6.45) is -2.67. The minimum absolute atomic E-state index is 0.0266. The zero-order valence-electron chi connectivity index (χ0n) is 21.6. The van der Waals surface area contributed by atoms with Crippen LogP contribution in [-0.4, -0.2) is 96.4 Å². The summed E-state index contributed by atoms with van der Waals surface area (Å²) in [5.41, 5.74) is 0.0931. The summed E-state index contributed by atoms with van der Waals surface area (Å²) in [7, 11) is 0. The number of ketones is 1. The molecule has 0 unspecified atom stereocenters. The molecule has 1 saturated heterocycles. The van der Waals surface area contributed by atoms with Crippen molar-refractivity contribution in [3.05, 3.63) is 11.1 Å². The van der Waals surface area contributed by atoms with E-state index in [1.165, 1.54) is 13.8 Å². The van der Waals surface area contributed by atoms with Gasteiger partial charge in [0.15, 0.2) is 12.1 Å². The van der Waals surface area contributed by atoms with Crippen LogP contribution in [0, 0.1) is 11.8 Å². The van der Waals surface area contributed by atoms with E-state index in [-0.39, 0.29) is 73.9 Å². The second-order valence-electron chi connectivity index (χ2n) is 9.06. The highest BCUT2D eigenvalue weighted by atomic mass is 16.7. The van der Waals surface area contributed by atoms with Crippen molar-refractivity contribution in [3.8, 4) is 0 Å². The molecule has 0 bridgehead atoms. The number of hydrogen-bond acceptors (Lipinski definition) is 9. The van der Waals surface area contributed by atoms with E-state index in [4.69, 9.17) is 14.2 Å².